The third-order valence-electron chi connectivity index (χ3n) is 3.43. The number of likely N-dealkylation sites (N-methyl/N-ethyl adjacent to an activating group) is 1. The Morgan fingerprint density at radius 1 is 1.20 bits per heavy atom. The summed E-state index contributed by atoms with van der Waals surface area (Å²) in [6.07, 6.45) is 3.73. The van der Waals surface area contributed by atoms with Crippen molar-refractivity contribution in [3.8, 4) is 10.6 Å². The maximum absolute atomic E-state index is 4.47. The van der Waals surface area contributed by atoms with Crippen molar-refractivity contribution in [1.82, 2.24) is 25.3 Å². The largest absolute Gasteiger partial charge is 0.304 e. The van der Waals surface area contributed by atoms with Crippen LogP contribution in [0, 0.1) is 0 Å². The molecule has 2 aromatic rings. The van der Waals surface area contributed by atoms with Gasteiger partial charge in [-0.2, -0.15) is 0 Å². The number of rotatable bonds is 4. The number of aromatic nitrogens is 2. The van der Waals surface area contributed by atoms with Crippen LogP contribution in [0.5, 0.6) is 0 Å². The van der Waals surface area contributed by atoms with E-state index < -0.39 is 0 Å². The van der Waals surface area contributed by atoms with Crippen LogP contribution >= 0.6 is 11.3 Å². The van der Waals surface area contributed by atoms with Crippen LogP contribution in [0.3, 0.4) is 0 Å². The minimum absolute atomic E-state index is 0.793. The fraction of sp³-hybridized carbons (Fsp3) is 0.429. The number of hydrogen-bond donors (Lipinski definition) is 1. The molecule has 106 valence electrons. The van der Waals surface area contributed by atoms with E-state index in [0.717, 1.165) is 48.3 Å². The molecule has 1 fully saturated rings. The average Bonchev–Trinajstić information content (AvgIpc) is 2.97. The monoisotopic (exact) mass is 289 g/mol. The first-order valence-electron chi connectivity index (χ1n) is 6.84. The molecule has 0 amide bonds. The lowest BCUT2D eigenvalue weighted by Crippen LogP contribution is -2.50. The van der Waals surface area contributed by atoms with Gasteiger partial charge in [-0.25, -0.2) is 15.4 Å². The van der Waals surface area contributed by atoms with Crippen molar-refractivity contribution in [2.24, 2.45) is 0 Å². The molecular weight excluding hydrogens is 270 g/mol. The second-order valence-corrected chi connectivity index (χ2v) is 6.07. The van der Waals surface area contributed by atoms with E-state index in [0.29, 0.717) is 0 Å². The van der Waals surface area contributed by atoms with Gasteiger partial charge in [0, 0.05) is 38.6 Å². The highest BCUT2D eigenvalue weighted by Crippen LogP contribution is 2.23. The topological polar surface area (TPSA) is 44.3 Å². The van der Waals surface area contributed by atoms with E-state index >= 15 is 0 Å². The zero-order valence-corrected chi connectivity index (χ0v) is 12.4. The molecule has 0 radical (unpaired) electrons. The van der Waals surface area contributed by atoms with Crippen LogP contribution in [-0.2, 0) is 6.54 Å². The number of nitrogens with one attached hydrogen (secondary N) is 1. The molecule has 0 spiro atoms. The third kappa shape index (κ3) is 3.40. The summed E-state index contributed by atoms with van der Waals surface area (Å²) in [7, 11) is 2.16. The SMILES string of the molecule is CN1CCN(NCc2ncc(-c3ccccn3)s2)CC1. The van der Waals surface area contributed by atoms with E-state index in [9.17, 15) is 0 Å². The first kappa shape index (κ1) is 13.6. The van der Waals surface area contributed by atoms with Crippen molar-refractivity contribution in [3.05, 3.63) is 35.6 Å². The predicted octanol–water partition coefficient (Wildman–Crippen LogP) is 1.46. The van der Waals surface area contributed by atoms with Gasteiger partial charge in [-0.1, -0.05) is 6.07 Å². The molecule has 0 aliphatic carbocycles. The number of hydrazine groups is 1. The Hall–Kier alpha value is -1.34. The zero-order valence-electron chi connectivity index (χ0n) is 11.6. The second-order valence-electron chi connectivity index (χ2n) is 4.96. The Bertz CT molecular complexity index is 534. The van der Waals surface area contributed by atoms with Crippen LogP contribution in [-0.4, -0.2) is 53.1 Å². The minimum atomic E-state index is 0.793. The maximum Gasteiger partial charge on any atom is 0.108 e. The molecular formula is C14H19N5S. The van der Waals surface area contributed by atoms with Gasteiger partial charge in [-0.05, 0) is 19.2 Å². The Kier molecular flexibility index (Phi) is 4.37. The van der Waals surface area contributed by atoms with Crippen LogP contribution in [0.4, 0.5) is 0 Å². The fourth-order valence-corrected chi connectivity index (χ4v) is 2.99. The molecule has 2 aromatic heterocycles. The van der Waals surface area contributed by atoms with Crippen molar-refractivity contribution in [2.75, 3.05) is 33.2 Å². The van der Waals surface area contributed by atoms with Crippen molar-refractivity contribution < 1.29 is 0 Å². The van der Waals surface area contributed by atoms with Gasteiger partial charge in [0.15, 0.2) is 0 Å². The van der Waals surface area contributed by atoms with Crippen LogP contribution in [0.25, 0.3) is 10.6 Å². The Morgan fingerprint density at radius 2 is 2.05 bits per heavy atom. The summed E-state index contributed by atoms with van der Waals surface area (Å²) in [6, 6.07) is 5.95. The molecule has 0 saturated carbocycles. The zero-order chi connectivity index (χ0) is 13.8. The summed E-state index contributed by atoms with van der Waals surface area (Å²) < 4.78 is 0. The molecule has 20 heavy (non-hydrogen) atoms. The predicted molar refractivity (Wildman–Crippen MR) is 81.3 cm³/mol. The molecule has 0 aromatic carbocycles. The van der Waals surface area contributed by atoms with Gasteiger partial charge >= 0.3 is 0 Å². The van der Waals surface area contributed by atoms with Crippen molar-refractivity contribution in [2.45, 2.75) is 6.54 Å². The highest BCUT2D eigenvalue weighted by atomic mass is 32.1. The molecule has 1 N–H and O–H groups in total. The molecule has 1 aliphatic heterocycles. The normalized spacial score (nSPS) is 17.4. The fourth-order valence-electron chi connectivity index (χ4n) is 2.16. The van der Waals surface area contributed by atoms with E-state index in [2.05, 4.69) is 32.4 Å². The van der Waals surface area contributed by atoms with Gasteiger partial charge in [0.1, 0.15) is 5.01 Å². The molecule has 0 atom stereocenters. The van der Waals surface area contributed by atoms with Crippen molar-refractivity contribution in [3.63, 3.8) is 0 Å². The van der Waals surface area contributed by atoms with Gasteiger partial charge < -0.3 is 4.90 Å². The summed E-state index contributed by atoms with van der Waals surface area (Å²) >= 11 is 1.70. The van der Waals surface area contributed by atoms with Gasteiger partial charge in [0.05, 0.1) is 17.1 Å². The van der Waals surface area contributed by atoms with E-state index in [1.54, 1.807) is 11.3 Å². The highest BCUT2D eigenvalue weighted by Gasteiger charge is 2.13. The van der Waals surface area contributed by atoms with Crippen LogP contribution in [0.2, 0.25) is 0 Å². The minimum Gasteiger partial charge on any atom is -0.304 e. The summed E-state index contributed by atoms with van der Waals surface area (Å²) in [6.45, 7) is 5.15. The lowest BCUT2D eigenvalue weighted by atomic mass is 10.3. The van der Waals surface area contributed by atoms with Crippen LogP contribution in [0.1, 0.15) is 5.01 Å². The van der Waals surface area contributed by atoms with Gasteiger partial charge in [0.2, 0.25) is 0 Å². The van der Waals surface area contributed by atoms with Crippen LogP contribution in [0.15, 0.2) is 30.6 Å². The Labute approximate surface area is 123 Å². The number of piperazine rings is 1. The maximum atomic E-state index is 4.47. The Morgan fingerprint density at radius 3 is 2.80 bits per heavy atom. The van der Waals surface area contributed by atoms with E-state index in [1.165, 1.54) is 0 Å². The highest BCUT2D eigenvalue weighted by molar-refractivity contribution is 7.15. The summed E-state index contributed by atoms with van der Waals surface area (Å²) in [5.74, 6) is 0. The molecule has 3 heterocycles. The molecule has 0 unspecified atom stereocenters. The summed E-state index contributed by atoms with van der Waals surface area (Å²) in [4.78, 5) is 12.3. The molecule has 0 bridgehead atoms. The Balaban J connectivity index is 1.55. The quantitative estimate of drug-likeness (QED) is 0.923. The van der Waals surface area contributed by atoms with Crippen molar-refractivity contribution >= 4 is 11.3 Å². The molecule has 3 rings (SSSR count). The molecule has 5 nitrogen and oxygen atoms in total. The lowest BCUT2D eigenvalue weighted by molar-refractivity contribution is 0.102. The number of pyridine rings is 1. The summed E-state index contributed by atoms with van der Waals surface area (Å²) in [5, 5.41) is 3.38. The summed E-state index contributed by atoms with van der Waals surface area (Å²) in [5.41, 5.74) is 4.45. The first-order chi connectivity index (χ1) is 9.81. The van der Waals surface area contributed by atoms with Crippen molar-refractivity contribution in [1.29, 1.82) is 0 Å². The van der Waals surface area contributed by atoms with E-state index in [-0.39, 0.29) is 0 Å². The van der Waals surface area contributed by atoms with Gasteiger partial charge in [-0.3, -0.25) is 4.98 Å². The van der Waals surface area contributed by atoms with E-state index in [4.69, 9.17) is 0 Å². The first-order valence-corrected chi connectivity index (χ1v) is 7.66. The smallest absolute Gasteiger partial charge is 0.108 e. The molecule has 1 aliphatic rings. The number of hydrogen-bond acceptors (Lipinski definition) is 6. The van der Waals surface area contributed by atoms with Crippen LogP contribution < -0.4 is 5.43 Å². The standard InChI is InChI=1S/C14H19N5S/c1-18-6-8-19(9-7-18)17-11-14-16-10-13(20-14)12-4-2-3-5-15-12/h2-5,10,17H,6-9,11H2,1H3. The van der Waals surface area contributed by atoms with Gasteiger partial charge in [0.25, 0.3) is 0 Å². The molecule has 6 heteroatoms. The number of thiazole rings is 1. The third-order valence-corrected chi connectivity index (χ3v) is 4.45. The average molecular weight is 289 g/mol. The molecule has 1 saturated heterocycles. The van der Waals surface area contributed by atoms with Gasteiger partial charge in [-0.15, -0.1) is 11.3 Å². The lowest BCUT2D eigenvalue weighted by Gasteiger charge is -2.32. The van der Waals surface area contributed by atoms with E-state index in [1.807, 2.05) is 30.6 Å². The number of nitrogens with zero attached hydrogens (tertiary/aromatic N) is 4. The second kappa shape index (κ2) is 6.41.